The lowest BCUT2D eigenvalue weighted by atomic mass is 9.94. The molecule has 0 N–H and O–H groups in total. The molecule has 29 heavy (non-hydrogen) atoms. The molecular weight excluding hydrogens is 380 g/mol. The van der Waals surface area contributed by atoms with E-state index in [9.17, 15) is 13.6 Å². The molecule has 9 heteroatoms. The number of hydrogen-bond acceptors (Lipinski definition) is 5. The Kier molecular flexibility index (Phi) is 5.12. The van der Waals surface area contributed by atoms with Gasteiger partial charge in [-0.2, -0.15) is 5.10 Å². The molecule has 3 aromatic rings. The number of fused-ring (bicyclic) bond motifs is 1. The van der Waals surface area contributed by atoms with Crippen LogP contribution in [-0.4, -0.2) is 49.7 Å². The van der Waals surface area contributed by atoms with E-state index in [1.54, 1.807) is 28.9 Å². The molecule has 0 unspecified atom stereocenters. The Balaban J connectivity index is 1.49. The van der Waals surface area contributed by atoms with Gasteiger partial charge in [0, 0.05) is 44.5 Å². The van der Waals surface area contributed by atoms with Gasteiger partial charge in [-0.05, 0) is 31.9 Å². The minimum absolute atomic E-state index is 0.0304. The summed E-state index contributed by atoms with van der Waals surface area (Å²) in [5.74, 6) is -1.89. The van der Waals surface area contributed by atoms with E-state index in [0.29, 0.717) is 18.7 Å². The number of piperidine rings is 1. The Hall–Kier alpha value is -3.10. The fraction of sp³-hybridized carbons (Fsp3) is 0.400. The van der Waals surface area contributed by atoms with Gasteiger partial charge in [-0.25, -0.2) is 23.4 Å². The van der Waals surface area contributed by atoms with E-state index in [1.807, 2.05) is 7.05 Å². The highest BCUT2D eigenvalue weighted by atomic mass is 19.1. The zero-order chi connectivity index (χ0) is 20.5. The monoisotopic (exact) mass is 401 g/mol. The first kappa shape index (κ1) is 19.2. The molecule has 2 aromatic heterocycles. The van der Waals surface area contributed by atoms with Crippen molar-refractivity contribution < 1.29 is 18.3 Å². The molecule has 1 fully saturated rings. The van der Waals surface area contributed by atoms with Gasteiger partial charge in [-0.1, -0.05) is 0 Å². The molecule has 0 spiro atoms. The summed E-state index contributed by atoms with van der Waals surface area (Å²) in [6.07, 6.45) is 4.06. The van der Waals surface area contributed by atoms with Crippen molar-refractivity contribution in [2.24, 2.45) is 7.05 Å². The van der Waals surface area contributed by atoms with Crippen LogP contribution in [0.15, 0.2) is 30.6 Å². The number of rotatable bonds is 4. The minimum Gasteiger partial charge on any atom is -0.478 e. The van der Waals surface area contributed by atoms with Gasteiger partial charge in [0.2, 0.25) is 0 Å². The van der Waals surface area contributed by atoms with Crippen molar-refractivity contribution in [2.45, 2.75) is 31.8 Å². The Labute approximate surface area is 166 Å². The van der Waals surface area contributed by atoms with Gasteiger partial charge in [-0.3, -0.25) is 4.79 Å². The number of nitrogens with zero attached hydrogens (tertiary/aromatic N) is 5. The van der Waals surface area contributed by atoms with E-state index < -0.39 is 17.7 Å². The molecule has 152 valence electrons. The maximum Gasteiger partial charge on any atom is 0.263 e. The Morgan fingerprint density at radius 1 is 1.28 bits per heavy atom. The second kappa shape index (κ2) is 7.73. The third kappa shape index (κ3) is 3.76. The van der Waals surface area contributed by atoms with Crippen molar-refractivity contribution in [2.75, 3.05) is 13.1 Å². The number of ether oxygens (including phenoxy) is 1. The number of amides is 1. The van der Waals surface area contributed by atoms with Crippen molar-refractivity contribution in [1.29, 1.82) is 0 Å². The molecule has 0 radical (unpaired) electrons. The van der Waals surface area contributed by atoms with Gasteiger partial charge in [0.05, 0.1) is 5.69 Å². The summed E-state index contributed by atoms with van der Waals surface area (Å²) in [7, 11) is 1.82. The lowest BCUT2D eigenvalue weighted by Crippen LogP contribution is -2.45. The summed E-state index contributed by atoms with van der Waals surface area (Å²) in [5, 5.41) is 4.58. The molecule has 7 nitrogen and oxygen atoms in total. The molecule has 2 atom stereocenters. The number of likely N-dealkylation sites (tertiary alicyclic amines) is 1. The third-order valence-corrected chi connectivity index (χ3v) is 5.15. The predicted octanol–water partition coefficient (Wildman–Crippen LogP) is 2.82. The van der Waals surface area contributed by atoms with Gasteiger partial charge in [0.15, 0.2) is 23.3 Å². The van der Waals surface area contributed by atoms with E-state index >= 15 is 0 Å². The van der Waals surface area contributed by atoms with Crippen LogP contribution in [0.2, 0.25) is 0 Å². The normalized spacial score (nSPS) is 18.1. The summed E-state index contributed by atoms with van der Waals surface area (Å²) in [6.45, 7) is 2.63. The van der Waals surface area contributed by atoms with Crippen LogP contribution in [0.25, 0.3) is 11.2 Å². The van der Waals surface area contributed by atoms with E-state index in [0.717, 1.165) is 36.2 Å². The second-order valence-corrected chi connectivity index (χ2v) is 7.20. The van der Waals surface area contributed by atoms with Crippen molar-refractivity contribution in [3.63, 3.8) is 0 Å². The van der Waals surface area contributed by atoms with Crippen LogP contribution in [0.5, 0.6) is 5.75 Å². The molecule has 1 saturated heterocycles. The maximum absolute atomic E-state index is 13.8. The summed E-state index contributed by atoms with van der Waals surface area (Å²) in [6, 6.07) is 3.02. The van der Waals surface area contributed by atoms with Gasteiger partial charge in [0.1, 0.15) is 11.3 Å². The number of halogens is 2. The van der Waals surface area contributed by atoms with Gasteiger partial charge >= 0.3 is 0 Å². The molecule has 1 amide bonds. The highest BCUT2D eigenvalue weighted by Crippen LogP contribution is 2.30. The first-order chi connectivity index (χ1) is 13.9. The summed E-state index contributed by atoms with van der Waals surface area (Å²) < 4.78 is 34.1. The van der Waals surface area contributed by atoms with Crippen LogP contribution in [0.3, 0.4) is 0 Å². The van der Waals surface area contributed by atoms with Crippen LogP contribution in [-0.2, 0) is 11.8 Å². The average molecular weight is 401 g/mol. The Bertz CT molecular complexity index is 1050. The van der Waals surface area contributed by atoms with Crippen molar-refractivity contribution in [1.82, 2.24) is 24.6 Å². The molecule has 0 bridgehead atoms. The zero-order valence-corrected chi connectivity index (χ0v) is 16.2. The lowest BCUT2D eigenvalue weighted by Gasteiger charge is -2.33. The first-order valence-electron chi connectivity index (χ1n) is 9.48. The first-order valence-corrected chi connectivity index (χ1v) is 9.48. The summed E-state index contributed by atoms with van der Waals surface area (Å²) in [4.78, 5) is 23.3. The molecule has 3 heterocycles. The van der Waals surface area contributed by atoms with Gasteiger partial charge in [-0.15, -0.1) is 0 Å². The molecule has 0 aliphatic carbocycles. The topological polar surface area (TPSA) is 73.1 Å². The fourth-order valence-electron chi connectivity index (χ4n) is 3.75. The van der Waals surface area contributed by atoms with E-state index in [1.165, 1.54) is 6.07 Å². The summed E-state index contributed by atoms with van der Waals surface area (Å²) >= 11 is 0. The number of carbonyl (C=O) groups excluding carboxylic acids is 1. The van der Waals surface area contributed by atoms with Crippen molar-refractivity contribution in [3.8, 4) is 5.75 Å². The van der Waals surface area contributed by atoms with Crippen LogP contribution in [0.4, 0.5) is 8.78 Å². The molecule has 4 rings (SSSR count). The third-order valence-electron chi connectivity index (χ3n) is 5.15. The lowest BCUT2D eigenvalue weighted by molar-refractivity contribution is -0.139. The van der Waals surface area contributed by atoms with Gasteiger partial charge < -0.3 is 9.64 Å². The molecule has 0 saturated carbocycles. The molecule has 1 aliphatic rings. The standard InChI is InChI=1S/C20H21F2N5O2/c1-12(29-16-6-5-14(21)10-15(16)22)20(28)27-9-3-4-13(11-27)17-18-19(26(2)25-17)24-8-7-23-18/h5-8,10,12-13H,3-4,9,11H2,1-2H3/t12-,13+/m0/s1. The van der Waals surface area contributed by atoms with Crippen LogP contribution in [0.1, 0.15) is 31.4 Å². The maximum atomic E-state index is 13.8. The molecule has 1 aromatic carbocycles. The number of aryl methyl sites for hydroxylation is 1. The Morgan fingerprint density at radius 3 is 2.86 bits per heavy atom. The second-order valence-electron chi connectivity index (χ2n) is 7.20. The van der Waals surface area contributed by atoms with Crippen LogP contribution in [0, 0.1) is 11.6 Å². The van der Waals surface area contributed by atoms with Gasteiger partial charge in [0.25, 0.3) is 5.91 Å². The Morgan fingerprint density at radius 2 is 2.07 bits per heavy atom. The fourth-order valence-corrected chi connectivity index (χ4v) is 3.75. The highest BCUT2D eigenvalue weighted by Gasteiger charge is 2.31. The van der Waals surface area contributed by atoms with E-state index in [4.69, 9.17) is 4.74 Å². The SMILES string of the molecule is C[C@H](Oc1ccc(F)cc1F)C(=O)N1CCC[C@@H](c2nn(C)c3nccnc23)C1. The quantitative estimate of drug-likeness (QED) is 0.672. The van der Waals surface area contributed by atoms with Crippen LogP contribution < -0.4 is 4.74 Å². The number of hydrogen-bond donors (Lipinski definition) is 0. The number of benzene rings is 1. The van der Waals surface area contributed by atoms with Crippen molar-refractivity contribution >= 4 is 17.1 Å². The molecular formula is C20H21F2N5O2. The number of aromatic nitrogens is 4. The van der Waals surface area contributed by atoms with E-state index in [-0.39, 0.29) is 17.6 Å². The smallest absolute Gasteiger partial charge is 0.263 e. The minimum atomic E-state index is -0.894. The average Bonchev–Trinajstić information content (AvgIpc) is 3.06. The van der Waals surface area contributed by atoms with Crippen LogP contribution >= 0.6 is 0 Å². The zero-order valence-electron chi connectivity index (χ0n) is 16.2. The largest absolute Gasteiger partial charge is 0.478 e. The number of carbonyl (C=O) groups is 1. The van der Waals surface area contributed by atoms with E-state index in [2.05, 4.69) is 15.1 Å². The van der Waals surface area contributed by atoms with Crippen molar-refractivity contribution in [3.05, 3.63) is 47.9 Å². The highest BCUT2D eigenvalue weighted by molar-refractivity contribution is 5.81. The molecule has 1 aliphatic heterocycles. The predicted molar refractivity (Wildman–Crippen MR) is 101 cm³/mol. The summed E-state index contributed by atoms with van der Waals surface area (Å²) in [5.41, 5.74) is 2.27.